The maximum Gasteiger partial charge on any atom is 0.144 e. The molecule has 2 aromatic heterocycles. The Balaban J connectivity index is 1.68. The second-order valence-corrected chi connectivity index (χ2v) is 8.58. The minimum Gasteiger partial charge on any atom is -0.456 e. The van der Waals surface area contributed by atoms with Crippen LogP contribution in [0, 0.1) is 11.3 Å². The first kappa shape index (κ1) is 18.3. The van der Waals surface area contributed by atoms with Crippen LogP contribution in [-0.4, -0.2) is 0 Å². The van der Waals surface area contributed by atoms with Crippen LogP contribution in [0.4, 0.5) is 0 Å². The molecule has 0 aliphatic heterocycles. The fourth-order valence-electron chi connectivity index (χ4n) is 4.91. The third-order valence-electron chi connectivity index (χ3n) is 6.37. The van der Waals surface area contributed by atoms with E-state index in [1.165, 1.54) is 0 Å². The highest BCUT2D eigenvalue weighted by molar-refractivity contribution is 6.39. The van der Waals surface area contributed by atoms with Gasteiger partial charge in [0.15, 0.2) is 0 Å². The lowest BCUT2D eigenvalue weighted by molar-refractivity contribution is 0.668. The van der Waals surface area contributed by atoms with Gasteiger partial charge < -0.3 is 8.83 Å². The van der Waals surface area contributed by atoms with Crippen molar-refractivity contribution in [1.82, 2.24) is 0 Å². The van der Waals surface area contributed by atoms with E-state index in [4.69, 9.17) is 20.4 Å². The van der Waals surface area contributed by atoms with E-state index in [9.17, 15) is 5.26 Å². The summed E-state index contributed by atoms with van der Waals surface area (Å²) in [7, 11) is 0. The number of nitriles is 1. The van der Waals surface area contributed by atoms with Crippen molar-refractivity contribution < 1.29 is 8.83 Å². The number of hydrogen-bond donors (Lipinski definition) is 0. The molecular weight excluding hydrogens is 430 g/mol. The Labute approximate surface area is 193 Å². The minimum atomic E-state index is 0.559. The zero-order valence-electron chi connectivity index (χ0n) is 17.2. The second kappa shape index (κ2) is 6.62. The molecule has 7 aromatic rings. The van der Waals surface area contributed by atoms with Gasteiger partial charge in [-0.05, 0) is 53.2 Å². The Bertz CT molecular complexity index is 1950. The Morgan fingerprint density at radius 1 is 0.667 bits per heavy atom. The SMILES string of the molecule is N#Cc1ccc2oc3ccccc3c2c1-c1ccc(Cl)c2c1oc1cc3ccccc3cc12. The van der Waals surface area contributed by atoms with Crippen LogP contribution in [-0.2, 0) is 0 Å². The highest BCUT2D eigenvalue weighted by Gasteiger charge is 2.22. The molecule has 33 heavy (non-hydrogen) atoms. The van der Waals surface area contributed by atoms with E-state index in [2.05, 4.69) is 24.3 Å². The van der Waals surface area contributed by atoms with Crippen LogP contribution in [0.1, 0.15) is 5.56 Å². The lowest BCUT2D eigenvalue weighted by atomic mass is 9.93. The van der Waals surface area contributed by atoms with Crippen LogP contribution < -0.4 is 0 Å². The van der Waals surface area contributed by atoms with Crippen LogP contribution in [0.15, 0.2) is 93.8 Å². The number of fused-ring (bicyclic) bond motifs is 7. The summed E-state index contributed by atoms with van der Waals surface area (Å²) in [5.41, 5.74) is 5.12. The Morgan fingerprint density at radius 2 is 1.45 bits per heavy atom. The summed E-state index contributed by atoms with van der Waals surface area (Å²) in [6.07, 6.45) is 0. The van der Waals surface area contributed by atoms with E-state index in [1.54, 1.807) is 6.07 Å². The standard InChI is InChI=1S/C29H14ClNO2/c30-22-11-10-20(29-27(22)21-13-16-5-1-2-6-17(16)14-25(21)33-29)26-18(15-31)9-12-24-28(26)19-7-3-4-8-23(19)32-24/h1-14H. The van der Waals surface area contributed by atoms with Gasteiger partial charge in [0, 0.05) is 32.7 Å². The van der Waals surface area contributed by atoms with Gasteiger partial charge in [-0.25, -0.2) is 0 Å². The molecule has 0 radical (unpaired) electrons. The summed E-state index contributed by atoms with van der Waals surface area (Å²) in [6, 6.07) is 30.1. The van der Waals surface area contributed by atoms with E-state index in [0.29, 0.717) is 16.2 Å². The van der Waals surface area contributed by atoms with Crippen molar-refractivity contribution in [2.24, 2.45) is 0 Å². The lowest BCUT2D eigenvalue weighted by Gasteiger charge is -2.08. The van der Waals surface area contributed by atoms with Crippen molar-refractivity contribution >= 4 is 66.3 Å². The zero-order chi connectivity index (χ0) is 22.1. The van der Waals surface area contributed by atoms with E-state index < -0.39 is 0 Å². The third-order valence-corrected chi connectivity index (χ3v) is 6.68. The van der Waals surface area contributed by atoms with Gasteiger partial charge in [0.25, 0.3) is 0 Å². The van der Waals surface area contributed by atoms with Crippen molar-refractivity contribution in [3.63, 3.8) is 0 Å². The summed E-state index contributed by atoms with van der Waals surface area (Å²) in [6.45, 7) is 0. The Kier molecular flexibility index (Phi) is 3.68. The molecule has 2 heterocycles. The van der Waals surface area contributed by atoms with Crippen molar-refractivity contribution in [1.29, 1.82) is 5.26 Å². The molecule has 0 atom stereocenters. The average molecular weight is 444 g/mol. The fourth-order valence-corrected chi connectivity index (χ4v) is 5.16. The highest BCUT2D eigenvalue weighted by atomic mass is 35.5. The van der Waals surface area contributed by atoms with Gasteiger partial charge >= 0.3 is 0 Å². The molecule has 0 saturated heterocycles. The van der Waals surface area contributed by atoms with Crippen molar-refractivity contribution in [3.8, 4) is 17.2 Å². The van der Waals surface area contributed by atoms with Gasteiger partial charge in [-0.3, -0.25) is 0 Å². The fraction of sp³-hybridized carbons (Fsp3) is 0. The molecule has 4 heteroatoms. The van der Waals surface area contributed by atoms with Crippen molar-refractivity contribution in [2.45, 2.75) is 0 Å². The van der Waals surface area contributed by atoms with E-state index in [1.807, 2.05) is 60.7 Å². The van der Waals surface area contributed by atoms with E-state index in [0.717, 1.165) is 60.2 Å². The predicted octanol–water partition coefficient (Wildman–Crippen LogP) is 8.83. The maximum atomic E-state index is 10.0. The third kappa shape index (κ3) is 2.50. The number of nitrogens with zero attached hydrogens (tertiary/aromatic N) is 1. The maximum absolute atomic E-state index is 10.0. The lowest BCUT2D eigenvalue weighted by Crippen LogP contribution is -1.87. The van der Waals surface area contributed by atoms with Gasteiger partial charge in [-0.15, -0.1) is 0 Å². The van der Waals surface area contributed by atoms with Gasteiger partial charge in [-0.2, -0.15) is 5.26 Å². The summed E-state index contributed by atoms with van der Waals surface area (Å²) < 4.78 is 12.5. The largest absolute Gasteiger partial charge is 0.456 e. The van der Waals surface area contributed by atoms with Crippen molar-refractivity contribution in [2.75, 3.05) is 0 Å². The molecule has 0 amide bonds. The minimum absolute atomic E-state index is 0.559. The van der Waals surface area contributed by atoms with Gasteiger partial charge in [0.05, 0.1) is 16.7 Å². The van der Waals surface area contributed by atoms with E-state index in [-0.39, 0.29) is 0 Å². The number of para-hydroxylation sites is 1. The second-order valence-electron chi connectivity index (χ2n) is 8.17. The molecule has 0 fully saturated rings. The Morgan fingerprint density at radius 3 is 2.30 bits per heavy atom. The van der Waals surface area contributed by atoms with Crippen LogP contribution in [0.2, 0.25) is 5.02 Å². The monoisotopic (exact) mass is 443 g/mol. The first-order chi connectivity index (χ1) is 16.2. The summed E-state index contributed by atoms with van der Waals surface area (Å²) in [5, 5.41) is 16.5. The quantitative estimate of drug-likeness (QED) is 0.254. The highest BCUT2D eigenvalue weighted by Crippen LogP contribution is 2.45. The smallest absolute Gasteiger partial charge is 0.144 e. The molecule has 0 aliphatic rings. The normalized spacial score (nSPS) is 11.8. The molecule has 7 rings (SSSR count). The number of benzene rings is 5. The van der Waals surface area contributed by atoms with Crippen LogP contribution in [0.5, 0.6) is 0 Å². The first-order valence-electron chi connectivity index (χ1n) is 10.6. The molecule has 154 valence electrons. The van der Waals surface area contributed by atoms with Gasteiger partial charge in [0.2, 0.25) is 0 Å². The first-order valence-corrected chi connectivity index (χ1v) is 11.0. The molecule has 0 spiro atoms. The molecule has 0 unspecified atom stereocenters. The van der Waals surface area contributed by atoms with Crippen LogP contribution in [0.3, 0.4) is 0 Å². The average Bonchev–Trinajstić information content (AvgIpc) is 3.41. The van der Waals surface area contributed by atoms with Crippen molar-refractivity contribution in [3.05, 3.63) is 95.5 Å². The summed E-state index contributed by atoms with van der Waals surface area (Å²) in [5.74, 6) is 0. The number of rotatable bonds is 1. The molecule has 0 N–H and O–H groups in total. The molecule has 0 saturated carbocycles. The van der Waals surface area contributed by atoms with Gasteiger partial charge in [-0.1, -0.05) is 54.1 Å². The molecule has 0 aliphatic carbocycles. The zero-order valence-corrected chi connectivity index (χ0v) is 18.0. The summed E-state index contributed by atoms with van der Waals surface area (Å²) >= 11 is 6.71. The topological polar surface area (TPSA) is 50.1 Å². The van der Waals surface area contributed by atoms with Gasteiger partial charge in [0.1, 0.15) is 22.3 Å². The molecule has 3 nitrogen and oxygen atoms in total. The number of halogens is 1. The molecule has 0 bridgehead atoms. The van der Waals surface area contributed by atoms with Crippen LogP contribution >= 0.6 is 11.6 Å². The van der Waals surface area contributed by atoms with E-state index >= 15 is 0 Å². The number of hydrogen-bond acceptors (Lipinski definition) is 3. The predicted molar refractivity (Wildman–Crippen MR) is 134 cm³/mol. The number of furan rings is 2. The molecular formula is C29H14ClNO2. The Hall–Kier alpha value is -4.26. The molecule has 5 aromatic carbocycles. The summed E-state index contributed by atoms with van der Waals surface area (Å²) in [4.78, 5) is 0. The van der Waals surface area contributed by atoms with Crippen LogP contribution in [0.25, 0.3) is 65.8 Å².